The summed E-state index contributed by atoms with van der Waals surface area (Å²) in [6.07, 6.45) is 9.90. The second-order valence-corrected chi connectivity index (χ2v) is 26.4. The second-order valence-electron chi connectivity index (χ2n) is 15.1. The van der Waals surface area contributed by atoms with Crippen molar-refractivity contribution in [3.63, 3.8) is 0 Å². The number of pyridine rings is 1. The van der Waals surface area contributed by atoms with Crippen LogP contribution in [0.2, 0.25) is 0 Å². The molecule has 0 radical (unpaired) electrons. The van der Waals surface area contributed by atoms with E-state index in [0.717, 1.165) is 50.4 Å². The number of nitrogens with zero attached hydrogens (tertiary/aromatic N) is 3. The molecule has 11 rings (SSSR count). The largest absolute Gasteiger partial charge is 0.256 e. The molecule has 2 N–H and O–H groups in total. The third-order valence-electron chi connectivity index (χ3n) is 11.4. The average Bonchev–Trinajstić information content (AvgIpc) is 4.14. The van der Waals surface area contributed by atoms with E-state index in [2.05, 4.69) is 183 Å². The fraction of sp³-hybridized carbons (Fsp3) is 0. The number of nitrogens with one attached hydrogen (secondary N) is 2. The Morgan fingerprint density at radius 1 is 0.322 bits per heavy atom. The van der Waals surface area contributed by atoms with Gasteiger partial charge in [0.2, 0.25) is 0 Å². The first-order valence-electron chi connectivity index (χ1n) is 20.2. The number of rotatable bonds is 4. The SMILES string of the molecule is C1=Cc2cc3ccc(cc4nc(cc5ccc(cc1n2)[nH]5)C=C4)[nH]3.c1cc[c]([Zn]([c]2ccccc2)([c]2ccccc2)[c]2ccccc2)cc1.c1ccc2ncccc2c1. The normalized spacial score (nSPS) is 11.3. The van der Waals surface area contributed by atoms with E-state index in [1.807, 2.05) is 79.0 Å². The summed E-state index contributed by atoms with van der Waals surface area (Å²) in [4.78, 5) is 20.2. The molecular formula is C53H41N5Zn. The molecule has 0 aliphatic carbocycles. The summed E-state index contributed by atoms with van der Waals surface area (Å²) in [5.74, 6) is 0. The van der Waals surface area contributed by atoms with Crippen LogP contribution in [0.4, 0.5) is 0 Å². The van der Waals surface area contributed by atoms with Crippen LogP contribution in [0.25, 0.3) is 57.3 Å². The zero-order valence-electron chi connectivity index (χ0n) is 32.6. The van der Waals surface area contributed by atoms with Crippen LogP contribution in [0.15, 0.2) is 212 Å². The molecule has 4 aromatic heterocycles. The molecule has 8 bridgehead atoms. The van der Waals surface area contributed by atoms with E-state index in [9.17, 15) is 0 Å². The van der Waals surface area contributed by atoms with Crippen LogP contribution in [0.1, 0.15) is 22.8 Å². The van der Waals surface area contributed by atoms with Gasteiger partial charge >= 0.3 is 153 Å². The Balaban J connectivity index is 0.000000124. The standard InChI is InChI=1S/C20H14N4.C9H7N.4C6H5.Zn/c1-2-14-10-16-5-6-18(23-16)12-20-8-7-19(24-20)11-17-4-3-15(22-17)9-13(1)21-14;1-2-6-9-8(4-1)5-3-7-10-9;4*1-2-4-6-5-3-1;/h1-12,21,24H;1-7H;4*1-5H;. The van der Waals surface area contributed by atoms with Crippen molar-refractivity contribution >= 4 is 73.9 Å². The van der Waals surface area contributed by atoms with Crippen molar-refractivity contribution in [1.29, 1.82) is 0 Å². The van der Waals surface area contributed by atoms with Crippen molar-refractivity contribution in [2.45, 2.75) is 0 Å². The summed E-state index contributed by atoms with van der Waals surface area (Å²) in [7, 11) is 0. The van der Waals surface area contributed by atoms with Crippen LogP contribution in [0, 0.1) is 0 Å². The predicted octanol–water partition coefficient (Wildman–Crippen LogP) is 10.3. The third-order valence-corrected chi connectivity index (χ3v) is 25.6. The Labute approximate surface area is 347 Å². The Bertz CT molecular complexity index is 2640. The van der Waals surface area contributed by atoms with Gasteiger partial charge in [-0.2, -0.15) is 0 Å². The number of benzene rings is 5. The van der Waals surface area contributed by atoms with Crippen LogP contribution in [-0.4, -0.2) is 24.9 Å². The van der Waals surface area contributed by atoms with Gasteiger partial charge in [0.05, 0.1) is 28.3 Å². The first kappa shape index (κ1) is 37.3. The van der Waals surface area contributed by atoms with Crippen LogP contribution in [0.3, 0.4) is 0 Å². The number of hydrogen-bond donors (Lipinski definition) is 2. The zero-order chi connectivity index (χ0) is 39.7. The van der Waals surface area contributed by atoms with E-state index in [1.54, 1.807) is 0 Å². The van der Waals surface area contributed by atoms with Crippen molar-refractivity contribution in [3.05, 3.63) is 235 Å². The van der Waals surface area contributed by atoms with E-state index in [0.29, 0.717) is 0 Å². The first-order valence-corrected chi connectivity index (χ1v) is 26.1. The van der Waals surface area contributed by atoms with Crippen molar-refractivity contribution in [3.8, 4) is 0 Å². The van der Waals surface area contributed by atoms with Gasteiger partial charge in [-0.25, -0.2) is 9.97 Å². The Morgan fingerprint density at radius 3 is 1.00 bits per heavy atom. The molecule has 5 nitrogen and oxygen atoms in total. The minimum atomic E-state index is -3.43. The summed E-state index contributed by atoms with van der Waals surface area (Å²) >= 11 is -3.43. The number of fused-ring (bicyclic) bond motifs is 9. The quantitative estimate of drug-likeness (QED) is 0.174. The summed E-state index contributed by atoms with van der Waals surface area (Å²) < 4.78 is 5.98. The monoisotopic (exact) mass is 811 g/mol. The predicted molar refractivity (Wildman–Crippen MR) is 245 cm³/mol. The van der Waals surface area contributed by atoms with E-state index in [-0.39, 0.29) is 0 Å². The minimum absolute atomic E-state index is 0.939. The smallest absolute Gasteiger partial charge is 0.0701 e. The summed E-state index contributed by atoms with van der Waals surface area (Å²) in [5.41, 5.74) is 8.92. The minimum Gasteiger partial charge on any atom is -0.256 e. The van der Waals surface area contributed by atoms with Gasteiger partial charge in [-0.15, -0.1) is 0 Å². The van der Waals surface area contributed by atoms with Gasteiger partial charge in [0.25, 0.3) is 0 Å². The third kappa shape index (κ3) is 8.55. The maximum Gasteiger partial charge on any atom is 0.0701 e. The average molecular weight is 813 g/mol. The molecule has 0 fully saturated rings. The Kier molecular flexibility index (Phi) is 11.1. The molecular weight excluding hydrogens is 772 g/mol. The van der Waals surface area contributed by atoms with Gasteiger partial charge in [0.15, 0.2) is 0 Å². The molecule has 0 amide bonds. The van der Waals surface area contributed by atoms with E-state index in [1.165, 1.54) is 22.0 Å². The fourth-order valence-corrected chi connectivity index (χ4v) is 22.9. The Hall–Kier alpha value is -7.27. The number of H-pyrrole nitrogens is 2. The van der Waals surface area contributed by atoms with Crippen LogP contribution < -0.4 is 16.6 Å². The molecule has 0 unspecified atom stereocenters. The molecule has 5 aromatic carbocycles. The molecule has 2 aliphatic heterocycles. The first-order chi connectivity index (χ1) is 29.2. The second kappa shape index (κ2) is 17.5. The molecule has 0 atom stereocenters. The van der Waals surface area contributed by atoms with Gasteiger partial charge in [-0.3, -0.25) is 4.98 Å². The van der Waals surface area contributed by atoms with Gasteiger partial charge in [-0.1, -0.05) is 24.3 Å². The molecule has 9 aromatic rings. The number of para-hydroxylation sites is 1. The summed E-state index contributed by atoms with van der Waals surface area (Å²) in [6.45, 7) is 0. The number of aromatic nitrogens is 5. The number of aromatic amines is 2. The molecule has 59 heavy (non-hydrogen) atoms. The molecule has 0 spiro atoms. The zero-order valence-corrected chi connectivity index (χ0v) is 35.5. The van der Waals surface area contributed by atoms with Gasteiger partial charge in [-0.05, 0) is 85.0 Å². The maximum atomic E-state index is 4.63. The van der Waals surface area contributed by atoms with Crippen molar-refractivity contribution < 1.29 is 14.8 Å². The van der Waals surface area contributed by atoms with E-state index < -0.39 is 14.8 Å². The molecule has 280 valence electrons. The van der Waals surface area contributed by atoms with Crippen LogP contribution >= 0.6 is 0 Å². The maximum absolute atomic E-state index is 4.63. The van der Waals surface area contributed by atoms with Crippen LogP contribution in [-0.2, 0) is 14.8 Å². The summed E-state index contributed by atoms with van der Waals surface area (Å²) in [5, 5.41) is 1.20. The van der Waals surface area contributed by atoms with Crippen LogP contribution in [0.5, 0.6) is 0 Å². The molecule has 2 aliphatic rings. The van der Waals surface area contributed by atoms with Crippen molar-refractivity contribution in [2.24, 2.45) is 0 Å². The van der Waals surface area contributed by atoms with E-state index in [4.69, 9.17) is 0 Å². The van der Waals surface area contributed by atoms with Gasteiger partial charge < -0.3 is 9.97 Å². The topological polar surface area (TPSA) is 70.2 Å². The van der Waals surface area contributed by atoms with Crippen molar-refractivity contribution in [1.82, 2.24) is 24.9 Å². The van der Waals surface area contributed by atoms with Crippen molar-refractivity contribution in [2.75, 3.05) is 0 Å². The number of hydrogen-bond acceptors (Lipinski definition) is 3. The van der Waals surface area contributed by atoms with Gasteiger partial charge in [0, 0.05) is 33.6 Å². The van der Waals surface area contributed by atoms with E-state index >= 15 is 0 Å². The summed E-state index contributed by atoms with van der Waals surface area (Å²) in [6, 6.07) is 72.9. The molecule has 6 heteroatoms. The fourth-order valence-electron chi connectivity index (χ4n) is 8.70. The molecule has 0 saturated carbocycles. The Morgan fingerprint density at radius 2 is 0.644 bits per heavy atom. The van der Waals surface area contributed by atoms with Gasteiger partial charge in [0.1, 0.15) is 0 Å². The molecule has 0 saturated heterocycles. The molecule has 6 heterocycles.